The first-order valence-corrected chi connectivity index (χ1v) is 6.47. The highest BCUT2D eigenvalue weighted by molar-refractivity contribution is 7.14. The minimum atomic E-state index is -0.0349. The largest absolute Gasteiger partial charge is 0.321 e. The van der Waals surface area contributed by atoms with E-state index in [1.165, 1.54) is 16.9 Å². The van der Waals surface area contributed by atoms with Gasteiger partial charge < -0.3 is 5.32 Å². The average Bonchev–Trinajstić information content (AvgIpc) is 2.77. The van der Waals surface area contributed by atoms with Gasteiger partial charge in [-0.3, -0.25) is 4.79 Å². The molecule has 3 heteroatoms. The van der Waals surface area contributed by atoms with Crippen LogP contribution in [0, 0.1) is 6.92 Å². The van der Waals surface area contributed by atoms with Gasteiger partial charge in [-0.25, -0.2) is 0 Å². The summed E-state index contributed by atoms with van der Waals surface area (Å²) in [5, 5.41) is 2.89. The van der Waals surface area contributed by atoms with Gasteiger partial charge in [-0.05, 0) is 43.2 Å². The van der Waals surface area contributed by atoms with Crippen LogP contribution in [0.25, 0.3) is 0 Å². The van der Waals surface area contributed by atoms with Crippen molar-refractivity contribution in [2.45, 2.75) is 20.3 Å². The number of anilines is 1. The molecule has 1 heterocycles. The van der Waals surface area contributed by atoms with Crippen molar-refractivity contribution in [2.75, 3.05) is 5.32 Å². The van der Waals surface area contributed by atoms with E-state index in [0.717, 1.165) is 21.9 Å². The predicted molar refractivity (Wildman–Crippen MR) is 72.8 cm³/mol. The van der Waals surface area contributed by atoms with E-state index < -0.39 is 0 Å². The Bertz CT molecular complexity index is 513. The SMILES string of the molecule is CCc1ccc(NC(=O)c2ccc(C)s2)cc1. The summed E-state index contributed by atoms with van der Waals surface area (Å²) in [6, 6.07) is 11.8. The topological polar surface area (TPSA) is 29.1 Å². The van der Waals surface area contributed by atoms with E-state index in [2.05, 4.69) is 12.2 Å². The van der Waals surface area contributed by atoms with Crippen LogP contribution in [0.3, 0.4) is 0 Å². The Balaban J connectivity index is 2.07. The fraction of sp³-hybridized carbons (Fsp3) is 0.214. The molecule has 1 amide bonds. The average molecular weight is 245 g/mol. The quantitative estimate of drug-likeness (QED) is 0.873. The molecule has 0 spiro atoms. The fourth-order valence-corrected chi connectivity index (χ4v) is 2.34. The second-order valence-corrected chi connectivity index (χ2v) is 5.20. The molecule has 0 saturated heterocycles. The number of hydrogen-bond acceptors (Lipinski definition) is 2. The first-order chi connectivity index (χ1) is 8.19. The molecule has 0 bridgehead atoms. The molecule has 0 aliphatic rings. The second kappa shape index (κ2) is 5.15. The summed E-state index contributed by atoms with van der Waals surface area (Å²) in [6.07, 6.45) is 1.01. The zero-order chi connectivity index (χ0) is 12.3. The fourth-order valence-electron chi connectivity index (χ4n) is 1.57. The van der Waals surface area contributed by atoms with Gasteiger partial charge in [-0.15, -0.1) is 11.3 Å². The number of carbonyl (C=O) groups is 1. The summed E-state index contributed by atoms with van der Waals surface area (Å²) < 4.78 is 0. The molecule has 0 aliphatic carbocycles. The maximum absolute atomic E-state index is 11.9. The summed E-state index contributed by atoms with van der Waals surface area (Å²) in [6.45, 7) is 4.11. The summed E-state index contributed by atoms with van der Waals surface area (Å²) >= 11 is 1.51. The molecule has 17 heavy (non-hydrogen) atoms. The highest BCUT2D eigenvalue weighted by Gasteiger charge is 2.07. The van der Waals surface area contributed by atoms with E-state index in [9.17, 15) is 4.79 Å². The highest BCUT2D eigenvalue weighted by Crippen LogP contribution is 2.17. The molecule has 0 atom stereocenters. The molecule has 1 N–H and O–H groups in total. The van der Waals surface area contributed by atoms with Crippen molar-refractivity contribution in [2.24, 2.45) is 0 Å². The number of nitrogens with one attached hydrogen (secondary N) is 1. The van der Waals surface area contributed by atoms with Gasteiger partial charge in [0.2, 0.25) is 0 Å². The van der Waals surface area contributed by atoms with Gasteiger partial charge in [0.05, 0.1) is 4.88 Å². The molecule has 0 radical (unpaired) electrons. The third kappa shape index (κ3) is 2.94. The smallest absolute Gasteiger partial charge is 0.265 e. The van der Waals surface area contributed by atoms with Crippen molar-refractivity contribution < 1.29 is 4.79 Å². The maximum Gasteiger partial charge on any atom is 0.265 e. The number of rotatable bonds is 3. The molecule has 0 fully saturated rings. The van der Waals surface area contributed by atoms with Crippen LogP contribution in [0.5, 0.6) is 0 Å². The van der Waals surface area contributed by atoms with Gasteiger partial charge in [0.15, 0.2) is 0 Å². The Morgan fingerprint density at radius 3 is 2.41 bits per heavy atom. The van der Waals surface area contributed by atoms with Gasteiger partial charge in [-0.1, -0.05) is 19.1 Å². The summed E-state index contributed by atoms with van der Waals surface area (Å²) in [4.78, 5) is 13.8. The third-order valence-corrected chi connectivity index (χ3v) is 3.58. The summed E-state index contributed by atoms with van der Waals surface area (Å²) in [5.74, 6) is -0.0349. The molecule has 2 aromatic rings. The number of amides is 1. The summed E-state index contributed by atoms with van der Waals surface area (Å²) in [5.41, 5.74) is 2.12. The van der Waals surface area contributed by atoms with E-state index in [0.29, 0.717) is 0 Å². The van der Waals surface area contributed by atoms with E-state index in [4.69, 9.17) is 0 Å². The molecule has 2 nitrogen and oxygen atoms in total. The Kier molecular flexibility index (Phi) is 3.59. The van der Waals surface area contributed by atoms with E-state index in [-0.39, 0.29) is 5.91 Å². The second-order valence-electron chi connectivity index (χ2n) is 3.91. The minimum absolute atomic E-state index is 0.0349. The lowest BCUT2D eigenvalue weighted by atomic mass is 10.1. The molecule has 1 aromatic heterocycles. The zero-order valence-corrected chi connectivity index (χ0v) is 10.8. The lowest BCUT2D eigenvalue weighted by Crippen LogP contribution is -2.09. The lowest BCUT2D eigenvalue weighted by Gasteiger charge is -2.04. The summed E-state index contributed by atoms with van der Waals surface area (Å²) in [7, 11) is 0. The van der Waals surface area contributed by atoms with Gasteiger partial charge in [0.1, 0.15) is 0 Å². The number of benzene rings is 1. The first kappa shape index (κ1) is 11.9. The van der Waals surface area contributed by atoms with Crippen molar-refractivity contribution in [1.29, 1.82) is 0 Å². The van der Waals surface area contributed by atoms with Gasteiger partial charge in [0.25, 0.3) is 5.91 Å². The first-order valence-electron chi connectivity index (χ1n) is 5.66. The third-order valence-electron chi connectivity index (χ3n) is 2.58. The monoisotopic (exact) mass is 245 g/mol. The predicted octanol–water partition coefficient (Wildman–Crippen LogP) is 3.87. The highest BCUT2D eigenvalue weighted by atomic mass is 32.1. The van der Waals surface area contributed by atoms with Gasteiger partial charge in [0, 0.05) is 10.6 Å². The molecule has 1 aromatic carbocycles. The van der Waals surface area contributed by atoms with E-state index in [1.807, 2.05) is 43.3 Å². The molecule has 2 rings (SSSR count). The van der Waals surface area contributed by atoms with Crippen molar-refractivity contribution in [1.82, 2.24) is 0 Å². The Morgan fingerprint density at radius 2 is 1.88 bits per heavy atom. The normalized spacial score (nSPS) is 10.2. The molecule has 88 valence electrons. The van der Waals surface area contributed by atoms with Crippen LogP contribution >= 0.6 is 11.3 Å². The van der Waals surface area contributed by atoms with Crippen molar-refractivity contribution in [3.05, 3.63) is 51.7 Å². The van der Waals surface area contributed by atoms with Gasteiger partial charge >= 0.3 is 0 Å². The number of aryl methyl sites for hydroxylation is 2. The van der Waals surface area contributed by atoms with E-state index in [1.54, 1.807) is 0 Å². The molecular weight excluding hydrogens is 230 g/mol. The maximum atomic E-state index is 11.9. The number of carbonyl (C=O) groups excluding carboxylic acids is 1. The standard InChI is InChI=1S/C14H15NOS/c1-3-11-5-7-12(8-6-11)15-14(16)13-9-4-10(2)17-13/h4-9H,3H2,1-2H3,(H,15,16). The molecule has 0 saturated carbocycles. The zero-order valence-electron chi connectivity index (χ0n) is 9.99. The molecular formula is C14H15NOS. The molecule has 0 unspecified atom stereocenters. The Labute approximate surface area is 105 Å². The van der Waals surface area contributed by atoms with Gasteiger partial charge in [-0.2, -0.15) is 0 Å². The van der Waals surface area contributed by atoms with Crippen LogP contribution in [0.2, 0.25) is 0 Å². The number of hydrogen-bond donors (Lipinski definition) is 1. The Morgan fingerprint density at radius 1 is 1.18 bits per heavy atom. The van der Waals surface area contributed by atoms with Crippen LogP contribution < -0.4 is 5.32 Å². The number of thiophene rings is 1. The van der Waals surface area contributed by atoms with Crippen LogP contribution in [-0.4, -0.2) is 5.91 Å². The van der Waals surface area contributed by atoms with Crippen molar-refractivity contribution >= 4 is 22.9 Å². The molecule has 0 aliphatic heterocycles. The van der Waals surface area contributed by atoms with Crippen LogP contribution in [0.1, 0.15) is 27.0 Å². The van der Waals surface area contributed by atoms with Crippen molar-refractivity contribution in [3.63, 3.8) is 0 Å². The lowest BCUT2D eigenvalue weighted by molar-refractivity contribution is 0.103. The Hall–Kier alpha value is -1.61. The van der Waals surface area contributed by atoms with Crippen LogP contribution in [-0.2, 0) is 6.42 Å². The van der Waals surface area contributed by atoms with E-state index >= 15 is 0 Å². The van der Waals surface area contributed by atoms with Crippen molar-refractivity contribution in [3.8, 4) is 0 Å². The van der Waals surface area contributed by atoms with Crippen LogP contribution in [0.15, 0.2) is 36.4 Å². The minimum Gasteiger partial charge on any atom is -0.321 e. The van der Waals surface area contributed by atoms with Crippen LogP contribution in [0.4, 0.5) is 5.69 Å².